The van der Waals surface area contributed by atoms with Gasteiger partial charge in [-0.1, -0.05) is 31.5 Å². The number of pyridine rings is 1. The lowest BCUT2D eigenvalue weighted by molar-refractivity contribution is -0.116. The fourth-order valence-electron chi connectivity index (χ4n) is 4.64. The van der Waals surface area contributed by atoms with Gasteiger partial charge in [-0.3, -0.25) is 4.79 Å². The summed E-state index contributed by atoms with van der Waals surface area (Å²) in [5, 5.41) is 4.10. The Morgan fingerprint density at radius 3 is 2.81 bits per heavy atom. The third-order valence-electron chi connectivity index (χ3n) is 6.26. The van der Waals surface area contributed by atoms with Crippen molar-refractivity contribution in [3.05, 3.63) is 64.7 Å². The minimum Gasteiger partial charge on any atom is -0.349 e. The Kier molecular flexibility index (Phi) is 5.01. The van der Waals surface area contributed by atoms with Gasteiger partial charge in [0.1, 0.15) is 18.0 Å². The van der Waals surface area contributed by atoms with Crippen molar-refractivity contribution in [2.45, 2.75) is 39.2 Å². The van der Waals surface area contributed by atoms with E-state index in [0.717, 1.165) is 47.2 Å². The molecule has 1 N–H and O–H groups in total. The van der Waals surface area contributed by atoms with Gasteiger partial charge in [0.05, 0.1) is 17.3 Å². The number of fused-ring (bicyclic) bond motifs is 2. The smallest absolute Gasteiger partial charge is 0.223 e. The molecular weight excluding hydrogens is 424 g/mol. The molecule has 0 saturated carbocycles. The van der Waals surface area contributed by atoms with Gasteiger partial charge in [-0.25, -0.2) is 15.0 Å². The van der Waals surface area contributed by atoms with E-state index in [0.29, 0.717) is 18.1 Å². The molecule has 0 unspecified atom stereocenters. The molecule has 1 amide bonds. The number of carbonyl (C=O) groups excluding carboxylic acids is 1. The fraction of sp³-hybridized carbons (Fsp3) is 0.333. The summed E-state index contributed by atoms with van der Waals surface area (Å²) in [5.41, 5.74) is 5.05. The van der Waals surface area contributed by atoms with Gasteiger partial charge in [-0.05, 0) is 36.2 Å². The molecule has 8 heteroatoms. The quantitative estimate of drug-likeness (QED) is 0.637. The zero-order valence-corrected chi connectivity index (χ0v) is 19.1. The first-order valence-corrected chi connectivity index (χ1v) is 11.1. The van der Waals surface area contributed by atoms with Crippen LogP contribution in [0.5, 0.6) is 0 Å². The van der Waals surface area contributed by atoms with Crippen molar-refractivity contribution >= 4 is 40.5 Å². The van der Waals surface area contributed by atoms with Crippen molar-refractivity contribution in [3.8, 4) is 0 Å². The first kappa shape index (κ1) is 20.7. The minimum absolute atomic E-state index is 0.0571. The zero-order chi connectivity index (χ0) is 22.5. The molecule has 2 aromatic heterocycles. The predicted molar refractivity (Wildman–Crippen MR) is 127 cm³/mol. The van der Waals surface area contributed by atoms with Gasteiger partial charge in [-0.2, -0.15) is 0 Å². The highest BCUT2D eigenvalue weighted by Gasteiger charge is 2.37. The highest BCUT2D eigenvalue weighted by molar-refractivity contribution is 6.32. The molecule has 2 aliphatic heterocycles. The number of amides is 1. The number of nitrogens with one attached hydrogen (secondary N) is 1. The number of hydrogen-bond donors (Lipinski definition) is 1. The van der Waals surface area contributed by atoms with E-state index in [2.05, 4.69) is 51.1 Å². The van der Waals surface area contributed by atoms with Crippen LogP contribution in [0, 0.1) is 0 Å². The molecule has 0 atom stereocenters. The lowest BCUT2D eigenvalue weighted by Crippen LogP contribution is -2.32. The number of benzene rings is 1. The molecule has 0 radical (unpaired) electrons. The lowest BCUT2D eigenvalue weighted by atomic mass is 9.87. The SMILES string of the molecule is CC(=O)N1CC(C)(C)c2ccc(Nc3ncnc4c3CCN(c3ncccc3Cl)C4)cc21. The number of aromatic nitrogens is 3. The van der Waals surface area contributed by atoms with Crippen molar-refractivity contribution in [1.82, 2.24) is 15.0 Å². The number of carbonyl (C=O) groups is 1. The van der Waals surface area contributed by atoms with E-state index >= 15 is 0 Å². The van der Waals surface area contributed by atoms with Gasteiger partial charge < -0.3 is 15.1 Å². The van der Waals surface area contributed by atoms with Crippen molar-refractivity contribution in [2.24, 2.45) is 0 Å². The third kappa shape index (κ3) is 3.56. The van der Waals surface area contributed by atoms with Gasteiger partial charge in [0.2, 0.25) is 5.91 Å². The van der Waals surface area contributed by atoms with E-state index in [1.54, 1.807) is 19.4 Å². The molecule has 7 nitrogen and oxygen atoms in total. The molecule has 0 aliphatic carbocycles. The maximum Gasteiger partial charge on any atom is 0.223 e. The first-order chi connectivity index (χ1) is 15.3. The van der Waals surface area contributed by atoms with Crippen LogP contribution in [0.2, 0.25) is 5.02 Å². The molecular formula is C24H25ClN6O. The average molecular weight is 449 g/mol. The van der Waals surface area contributed by atoms with Crippen LogP contribution in [0.3, 0.4) is 0 Å². The van der Waals surface area contributed by atoms with Crippen LogP contribution in [0.4, 0.5) is 23.0 Å². The van der Waals surface area contributed by atoms with Gasteiger partial charge in [-0.15, -0.1) is 0 Å². The number of hydrogen-bond acceptors (Lipinski definition) is 6. The summed E-state index contributed by atoms with van der Waals surface area (Å²) in [4.78, 5) is 29.7. The summed E-state index contributed by atoms with van der Waals surface area (Å²) in [6, 6.07) is 9.90. The standard InChI is InChI=1S/C24H25ClN6O/c1-15(32)31-13-24(2,3)18-7-6-16(11-21(18)31)29-22-17-8-10-30(12-20(17)27-14-28-22)23-19(25)5-4-9-26-23/h4-7,9,11,14H,8,10,12-13H2,1-3H3,(H,27,28,29). The molecule has 2 aliphatic rings. The normalized spacial score (nSPS) is 16.5. The summed E-state index contributed by atoms with van der Waals surface area (Å²) >= 11 is 6.35. The van der Waals surface area contributed by atoms with Gasteiger partial charge >= 0.3 is 0 Å². The highest BCUT2D eigenvalue weighted by atomic mass is 35.5. The second-order valence-electron chi connectivity index (χ2n) is 8.97. The Labute approximate surface area is 192 Å². The molecule has 164 valence electrons. The van der Waals surface area contributed by atoms with E-state index < -0.39 is 0 Å². The topological polar surface area (TPSA) is 74.2 Å². The molecule has 3 aromatic rings. The van der Waals surface area contributed by atoms with Gasteiger partial charge in [0.25, 0.3) is 0 Å². The molecule has 0 saturated heterocycles. The molecule has 0 spiro atoms. The van der Waals surface area contributed by atoms with Gasteiger partial charge in [0.15, 0.2) is 0 Å². The molecule has 0 fully saturated rings. The summed E-state index contributed by atoms with van der Waals surface area (Å²) in [7, 11) is 0. The van der Waals surface area contributed by atoms with Crippen LogP contribution < -0.4 is 15.1 Å². The Morgan fingerprint density at radius 1 is 1.19 bits per heavy atom. The Morgan fingerprint density at radius 2 is 2.03 bits per heavy atom. The van der Waals surface area contributed by atoms with Crippen LogP contribution in [0.25, 0.3) is 0 Å². The van der Waals surface area contributed by atoms with Crippen molar-refractivity contribution < 1.29 is 4.79 Å². The second-order valence-corrected chi connectivity index (χ2v) is 9.38. The Balaban J connectivity index is 1.43. The van der Waals surface area contributed by atoms with E-state index in [-0.39, 0.29) is 11.3 Å². The van der Waals surface area contributed by atoms with Crippen molar-refractivity contribution in [1.29, 1.82) is 0 Å². The van der Waals surface area contributed by atoms with E-state index in [4.69, 9.17) is 11.6 Å². The van der Waals surface area contributed by atoms with Crippen LogP contribution >= 0.6 is 11.6 Å². The van der Waals surface area contributed by atoms with E-state index in [9.17, 15) is 4.79 Å². The van der Waals surface area contributed by atoms with Crippen LogP contribution in [0.15, 0.2) is 42.9 Å². The summed E-state index contributed by atoms with van der Waals surface area (Å²) in [6.07, 6.45) is 4.12. The number of nitrogens with zero attached hydrogens (tertiary/aromatic N) is 5. The maximum absolute atomic E-state index is 12.2. The molecule has 32 heavy (non-hydrogen) atoms. The lowest BCUT2D eigenvalue weighted by Gasteiger charge is -2.30. The summed E-state index contributed by atoms with van der Waals surface area (Å²) in [6.45, 7) is 8.05. The second kappa shape index (κ2) is 7.74. The number of halogens is 1. The maximum atomic E-state index is 12.2. The van der Waals surface area contributed by atoms with Crippen molar-refractivity contribution in [3.63, 3.8) is 0 Å². The van der Waals surface area contributed by atoms with Crippen LogP contribution in [0.1, 0.15) is 37.6 Å². The van der Waals surface area contributed by atoms with E-state index in [1.807, 2.05) is 23.1 Å². The average Bonchev–Trinajstić information content (AvgIpc) is 3.04. The molecule has 0 bridgehead atoms. The van der Waals surface area contributed by atoms with Gasteiger partial charge in [0, 0.05) is 48.6 Å². The monoisotopic (exact) mass is 448 g/mol. The summed E-state index contributed by atoms with van der Waals surface area (Å²) in [5.74, 6) is 1.63. The predicted octanol–water partition coefficient (Wildman–Crippen LogP) is 4.48. The summed E-state index contributed by atoms with van der Waals surface area (Å²) < 4.78 is 0. The largest absolute Gasteiger partial charge is 0.349 e. The fourth-order valence-corrected chi connectivity index (χ4v) is 4.88. The molecule has 1 aromatic carbocycles. The first-order valence-electron chi connectivity index (χ1n) is 10.7. The Hall–Kier alpha value is -3.19. The minimum atomic E-state index is -0.0657. The number of rotatable bonds is 3. The number of anilines is 4. The van der Waals surface area contributed by atoms with Crippen molar-refractivity contribution in [2.75, 3.05) is 28.2 Å². The molecule has 5 rings (SSSR count). The Bertz CT molecular complexity index is 1210. The highest BCUT2D eigenvalue weighted by Crippen LogP contribution is 2.42. The van der Waals surface area contributed by atoms with Crippen LogP contribution in [-0.4, -0.2) is 33.9 Å². The third-order valence-corrected chi connectivity index (χ3v) is 6.55. The molecule has 4 heterocycles. The van der Waals surface area contributed by atoms with Crippen LogP contribution in [-0.2, 0) is 23.2 Å². The zero-order valence-electron chi connectivity index (χ0n) is 18.4. The van der Waals surface area contributed by atoms with E-state index in [1.165, 1.54) is 5.56 Å².